The van der Waals surface area contributed by atoms with E-state index >= 15 is 0 Å². The molecule has 6 rings (SSSR count). The maximum atomic E-state index is 12.5. The van der Waals surface area contributed by atoms with Crippen molar-refractivity contribution >= 4 is 40.5 Å². The van der Waals surface area contributed by atoms with Gasteiger partial charge in [-0.3, -0.25) is 9.59 Å². The lowest BCUT2D eigenvalue weighted by molar-refractivity contribution is -0.125. The van der Waals surface area contributed by atoms with Crippen LogP contribution in [0.5, 0.6) is 0 Å². The number of amides is 3. The van der Waals surface area contributed by atoms with E-state index in [0.717, 1.165) is 34.0 Å². The van der Waals surface area contributed by atoms with Crippen LogP contribution in [0.2, 0.25) is 0 Å². The number of hydrogen-bond donors (Lipinski definition) is 1. The molecule has 0 bridgehead atoms. The van der Waals surface area contributed by atoms with E-state index in [2.05, 4.69) is 107 Å². The summed E-state index contributed by atoms with van der Waals surface area (Å²) in [6.45, 7) is 9.18. The van der Waals surface area contributed by atoms with Gasteiger partial charge in [-0.25, -0.2) is 9.69 Å². The Hall–Kier alpha value is -4.24. The molecule has 0 aliphatic carbocycles. The number of nitrogens with zero attached hydrogens (tertiary/aromatic N) is 1. The van der Waals surface area contributed by atoms with Crippen LogP contribution in [0.25, 0.3) is 22.3 Å². The normalized spacial score (nSPS) is 19.0. The van der Waals surface area contributed by atoms with Crippen molar-refractivity contribution in [2.24, 2.45) is 5.92 Å². The zero-order chi connectivity index (χ0) is 34.3. The molecule has 48 heavy (non-hydrogen) atoms. The standard InChI is InChI=1S/C23H25NO3.C18H18INO/c1-16-14-20(24(21(16)25)22(26)27-23(2,3)4)15-17-10-12-19(13-11-17)18-8-6-5-7-9-18;19-12-16-11-17(20-18(16)21)10-13-6-8-15(9-7-13)14-4-2-1-3-5-14/h5-13,20H,1,14-15H2,2-4H3;1-9,16-17H,10-12H2,(H,20,21)/t20-;16?,17-/m01/s1. The lowest BCUT2D eigenvalue weighted by Gasteiger charge is -2.27. The highest BCUT2D eigenvalue weighted by molar-refractivity contribution is 14.1. The van der Waals surface area contributed by atoms with Crippen LogP contribution in [-0.2, 0) is 27.2 Å². The first-order valence-electron chi connectivity index (χ1n) is 16.4. The Balaban J connectivity index is 0.000000194. The van der Waals surface area contributed by atoms with Crippen molar-refractivity contribution in [2.45, 2.75) is 64.1 Å². The zero-order valence-corrected chi connectivity index (χ0v) is 30.0. The summed E-state index contributed by atoms with van der Waals surface area (Å²) in [4.78, 5) is 37.8. The average molecular weight is 755 g/mol. The molecule has 2 aliphatic heterocycles. The Labute approximate surface area is 297 Å². The monoisotopic (exact) mass is 754 g/mol. The number of rotatable bonds is 7. The number of likely N-dealkylation sites (tertiary alicyclic amines) is 1. The summed E-state index contributed by atoms with van der Waals surface area (Å²) >= 11 is 2.30. The van der Waals surface area contributed by atoms with E-state index in [1.54, 1.807) is 20.8 Å². The topological polar surface area (TPSA) is 75.7 Å². The van der Waals surface area contributed by atoms with Gasteiger partial charge in [0.05, 0.1) is 6.04 Å². The van der Waals surface area contributed by atoms with Crippen molar-refractivity contribution in [3.05, 3.63) is 132 Å². The Morgan fingerprint density at radius 3 is 1.73 bits per heavy atom. The number of halogens is 1. The van der Waals surface area contributed by atoms with Crippen LogP contribution >= 0.6 is 22.6 Å². The first-order chi connectivity index (χ1) is 23.0. The van der Waals surface area contributed by atoms with Gasteiger partial charge in [0.25, 0.3) is 5.91 Å². The molecular formula is C41H43IN2O4. The van der Waals surface area contributed by atoms with E-state index in [-0.39, 0.29) is 23.8 Å². The Morgan fingerprint density at radius 1 is 0.792 bits per heavy atom. The molecule has 1 unspecified atom stereocenters. The largest absolute Gasteiger partial charge is 0.443 e. The van der Waals surface area contributed by atoms with E-state index in [9.17, 15) is 14.4 Å². The molecule has 7 heteroatoms. The van der Waals surface area contributed by atoms with Gasteiger partial charge in [0.15, 0.2) is 0 Å². The van der Waals surface area contributed by atoms with Crippen molar-refractivity contribution < 1.29 is 19.1 Å². The first-order valence-corrected chi connectivity index (χ1v) is 17.9. The zero-order valence-electron chi connectivity index (χ0n) is 27.8. The number of imide groups is 1. The second-order valence-electron chi connectivity index (χ2n) is 13.4. The highest BCUT2D eigenvalue weighted by Crippen LogP contribution is 2.29. The number of ether oxygens (including phenoxy) is 1. The van der Waals surface area contributed by atoms with Gasteiger partial charge in [0.2, 0.25) is 5.91 Å². The number of carbonyl (C=O) groups excluding carboxylic acids is 3. The molecule has 0 radical (unpaired) electrons. The number of nitrogens with one attached hydrogen (secondary N) is 1. The van der Waals surface area contributed by atoms with E-state index in [1.165, 1.54) is 21.6 Å². The summed E-state index contributed by atoms with van der Waals surface area (Å²) in [6, 6.07) is 37.5. The average Bonchev–Trinajstić information content (AvgIpc) is 3.58. The molecule has 2 saturated heterocycles. The predicted molar refractivity (Wildman–Crippen MR) is 201 cm³/mol. The first kappa shape index (κ1) is 35.1. The molecule has 2 aliphatic rings. The van der Waals surface area contributed by atoms with Gasteiger partial charge >= 0.3 is 6.09 Å². The summed E-state index contributed by atoms with van der Waals surface area (Å²) in [5.41, 5.74) is 6.92. The van der Waals surface area contributed by atoms with Crippen molar-refractivity contribution in [3.8, 4) is 22.3 Å². The van der Waals surface area contributed by atoms with Gasteiger partial charge in [-0.05, 0) is 79.8 Å². The Kier molecular flexibility index (Phi) is 11.5. The maximum Gasteiger partial charge on any atom is 0.417 e. The molecule has 2 heterocycles. The Bertz CT molecular complexity index is 1710. The minimum atomic E-state index is -0.650. The minimum absolute atomic E-state index is 0.194. The molecule has 3 amide bonds. The van der Waals surface area contributed by atoms with E-state index in [4.69, 9.17) is 4.74 Å². The maximum absolute atomic E-state index is 12.5. The number of carbonyl (C=O) groups is 3. The summed E-state index contributed by atoms with van der Waals surface area (Å²) < 4.78 is 6.32. The number of alkyl halides is 1. The van der Waals surface area contributed by atoms with Crippen LogP contribution in [0.4, 0.5) is 4.79 Å². The van der Waals surface area contributed by atoms with Crippen LogP contribution in [0, 0.1) is 5.92 Å². The second kappa shape index (κ2) is 15.8. The molecular weight excluding hydrogens is 711 g/mol. The molecule has 4 aromatic carbocycles. The quantitative estimate of drug-likeness (QED) is 0.116. The third-order valence-electron chi connectivity index (χ3n) is 8.51. The van der Waals surface area contributed by atoms with Crippen LogP contribution in [0.3, 0.4) is 0 Å². The van der Waals surface area contributed by atoms with Crippen LogP contribution < -0.4 is 5.32 Å². The molecule has 1 N–H and O–H groups in total. The fourth-order valence-electron chi connectivity index (χ4n) is 6.09. The molecule has 248 valence electrons. The molecule has 2 fully saturated rings. The van der Waals surface area contributed by atoms with Gasteiger partial charge in [-0.2, -0.15) is 0 Å². The smallest absolute Gasteiger partial charge is 0.417 e. The highest BCUT2D eigenvalue weighted by atomic mass is 127. The number of hydrogen-bond acceptors (Lipinski definition) is 4. The van der Waals surface area contributed by atoms with Gasteiger partial charge < -0.3 is 10.1 Å². The third kappa shape index (κ3) is 9.22. The van der Waals surface area contributed by atoms with Gasteiger partial charge in [0, 0.05) is 22.0 Å². The predicted octanol–water partition coefficient (Wildman–Crippen LogP) is 8.82. The molecule has 4 aromatic rings. The van der Waals surface area contributed by atoms with Gasteiger partial charge in [-0.15, -0.1) is 0 Å². The highest BCUT2D eigenvalue weighted by Gasteiger charge is 2.40. The number of benzene rings is 4. The van der Waals surface area contributed by atoms with E-state index in [0.29, 0.717) is 24.5 Å². The lowest BCUT2D eigenvalue weighted by atomic mass is 9.98. The van der Waals surface area contributed by atoms with Gasteiger partial charge in [-0.1, -0.05) is 138 Å². The van der Waals surface area contributed by atoms with Crippen LogP contribution in [0.15, 0.2) is 121 Å². The molecule has 3 atom stereocenters. The van der Waals surface area contributed by atoms with Crippen molar-refractivity contribution in [2.75, 3.05) is 4.43 Å². The van der Waals surface area contributed by atoms with Crippen LogP contribution in [0.1, 0.15) is 44.7 Å². The summed E-state index contributed by atoms with van der Waals surface area (Å²) in [7, 11) is 0. The SMILES string of the molecule is C=C1C[C@@H](Cc2ccc(-c3ccccc3)cc2)N(C(=O)OC(C)(C)C)C1=O.O=C1N[C@H](Cc2ccc(-c3ccccc3)cc2)CC1CI. The fraction of sp³-hybridized carbons (Fsp3) is 0.293. The van der Waals surface area contributed by atoms with Crippen LogP contribution in [-0.4, -0.2) is 44.9 Å². The van der Waals surface area contributed by atoms with E-state index in [1.807, 2.05) is 36.4 Å². The summed E-state index contributed by atoms with van der Waals surface area (Å²) in [6.07, 6.45) is 2.34. The Morgan fingerprint density at radius 2 is 1.27 bits per heavy atom. The molecule has 0 aromatic heterocycles. The third-order valence-corrected chi connectivity index (χ3v) is 9.57. The molecule has 0 spiro atoms. The van der Waals surface area contributed by atoms with Crippen molar-refractivity contribution in [1.82, 2.24) is 10.2 Å². The fourth-order valence-corrected chi connectivity index (χ4v) is 6.85. The van der Waals surface area contributed by atoms with Gasteiger partial charge in [0.1, 0.15) is 5.60 Å². The molecule has 6 nitrogen and oxygen atoms in total. The van der Waals surface area contributed by atoms with E-state index < -0.39 is 11.7 Å². The summed E-state index contributed by atoms with van der Waals surface area (Å²) in [5.74, 6) is 0.0738. The van der Waals surface area contributed by atoms with Crippen molar-refractivity contribution in [1.29, 1.82) is 0 Å². The minimum Gasteiger partial charge on any atom is -0.443 e. The second-order valence-corrected chi connectivity index (χ2v) is 14.3. The molecule has 0 saturated carbocycles. The lowest BCUT2D eigenvalue weighted by Crippen LogP contribution is -2.43. The summed E-state index contributed by atoms with van der Waals surface area (Å²) in [5, 5.41) is 3.11. The van der Waals surface area contributed by atoms with Crippen molar-refractivity contribution in [3.63, 3.8) is 0 Å².